The fourth-order valence-corrected chi connectivity index (χ4v) is 1.77. The molecule has 1 N–H and O–H groups in total. The van der Waals surface area contributed by atoms with Gasteiger partial charge in [0.25, 0.3) is 0 Å². The van der Waals surface area contributed by atoms with Gasteiger partial charge in [0, 0.05) is 6.04 Å². The molecule has 0 aromatic heterocycles. The molecular formula is C15H33N. The van der Waals surface area contributed by atoms with E-state index in [1.807, 2.05) is 0 Å². The molecule has 0 amide bonds. The fourth-order valence-electron chi connectivity index (χ4n) is 1.77. The lowest BCUT2D eigenvalue weighted by Gasteiger charge is -2.37. The zero-order chi connectivity index (χ0) is 13.0. The Bertz CT molecular complexity index is 183. The second kappa shape index (κ2) is 6.05. The van der Waals surface area contributed by atoms with Crippen LogP contribution in [-0.4, -0.2) is 12.6 Å². The van der Waals surface area contributed by atoms with Crippen LogP contribution in [0.3, 0.4) is 0 Å². The highest BCUT2D eigenvalue weighted by Gasteiger charge is 2.29. The van der Waals surface area contributed by atoms with Crippen molar-refractivity contribution in [2.45, 2.75) is 74.3 Å². The average Bonchev–Trinajstić information content (AvgIpc) is 2.08. The molecule has 98 valence electrons. The van der Waals surface area contributed by atoms with Crippen LogP contribution in [-0.2, 0) is 0 Å². The lowest BCUT2D eigenvalue weighted by atomic mass is 9.73. The summed E-state index contributed by atoms with van der Waals surface area (Å²) in [6.45, 7) is 19.8. The Kier molecular flexibility index (Phi) is 6.03. The van der Waals surface area contributed by atoms with E-state index in [1.54, 1.807) is 0 Å². The molecule has 0 heterocycles. The van der Waals surface area contributed by atoms with Crippen LogP contribution >= 0.6 is 0 Å². The second-order valence-electron chi connectivity index (χ2n) is 7.38. The van der Waals surface area contributed by atoms with E-state index < -0.39 is 0 Å². The zero-order valence-electron chi connectivity index (χ0n) is 12.8. The van der Waals surface area contributed by atoms with Gasteiger partial charge in [0.15, 0.2) is 0 Å². The van der Waals surface area contributed by atoms with Gasteiger partial charge >= 0.3 is 0 Å². The van der Waals surface area contributed by atoms with Crippen molar-refractivity contribution in [1.82, 2.24) is 5.32 Å². The Morgan fingerprint density at radius 3 is 1.75 bits per heavy atom. The molecule has 1 nitrogen and oxygen atoms in total. The number of nitrogens with one attached hydrogen (secondary N) is 1. The van der Waals surface area contributed by atoms with E-state index >= 15 is 0 Å². The average molecular weight is 227 g/mol. The largest absolute Gasteiger partial charge is 0.313 e. The first-order valence-electron chi connectivity index (χ1n) is 6.82. The first-order chi connectivity index (χ1) is 7.09. The van der Waals surface area contributed by atoms with Crippen LogP contribution in [0.5, 0.6) is 0 Å². The van der Waals surface area contributed by atoms with Gasteiger partial charge in [-0.3, -0.25) is 0 Å². The van der Waals surface area contributed by atoms with Gasteiger partial charge in [-0.15, -0.1) is 0 Å². The van der Waals surface area contributed by atoms with Gasteiger partial charge in [-0.1, -0.05) is 55.4 Å². The summed E-state index contributed by atoms with van der Waals surface area (Å²) in [5.41, 5.74) is 0.770. The molecular weight excluding hydrogens is 194 g/mol. The first kappa shape index (κ1) is 16.0. The van der Waals surface area contributed by atoms with Crippen molar-refractivity contribution in [1.29, 1.82) is 0 Å². The van der Waals surface area contributed by atoms with Crippen molar-refractivity contribution in [2.24, 2.45) is 16.7 Å². The van der Waals surface area contributed by atoms with Crippen molar-refractivity contribution >= 4 is 0 Å². The summed E-state index contributed by atoms with van der Waals surface area (Å²) in [4.78, 5) is 0. The second-order valence-corrected chi connectivity index (χ2v) is 7.38. The Morgan fingerprint density at radius 1 is 0.938 bits per heavy atom. The normalized spacial score (nSPS) is 17.2. The molecule has 0 bridgehead atoms. The molecule has 0 saturated heterocycles. The summed E-state index contributed by atoms with van der Waals surface area (Å²) in [6, 6.07) is 0.627. The monoisotopic (exact) mass is 227 g/mol. The van der Waals surface area contributed by atoms with Crippen LogP contribution in [0.1, 0.15) is 68.2 Å². The van der Waals surface area contributed by atoms with Crippen molar-refractivity contribution < 1.29 is 0 Å². The highest BCUT2D eigenvalue weighted by molar-refractivity contribution is 4.84. The molecule has 0 aliphatic heterocycles. The molecule has 16 heavy (non-hydrogen) atoms. The Hall–Kier alpha value is -0.0400. The number of hydrogen-bond donors (Lipinski definition) is 1. The third kappa shape index (κ3) is 5.89. The minimum atomic E-state index is 0.356. The Balaban J connectivity index is 4.43. The van der Waals surface area contributed by atoms with Crippen LogP contribution in [0.25, 0.3) is 0 Å². The third-order valence-corrected chi connectivity index (χ3v) is 3.75. The van der Waals surface area contributed by atoms with E-state index in [2.05, 4.69) is 60.7 Å². The summed E-state index contributed by atoms with van der Waals surface area (Å²) in [5.74, 6) is 0.751. The van der Waals surface area contributed by atoms with E-state index in [0.29, 0.717) is 16.9 Å². The molecule has 0 aromatic carbocycles. The highest BCUT2D eigenvalue weighted by Crippen LogP contribution is 2.33. The standard InChI is InChI=1S/C15H33N/c1-9-10-16-13(15(6,7)8)11-12(2)14(3,4)5/h12-13,16H,9-11H2,1-8H3. The maximum Gasteiger partial charge on any atom is 0.0118 e. The van der Waals surface area contributed by atoms with Crippen LogP contribution < -0.4 is 5.32 Å². The van der Waals surface area contributed by atoms with Crippen LogP contribution in [0, 0.1) is 16.7 Å². The summed E-state index contributed by atoms with van der Waals surface area (Å²) in [7, 11) is 0. The number of hydrogen-bond acceptors (Lipinski definition) is 1. The van der Waals surface area contributed by atoms with Gasteiger partial charge in [0.05, 0.1) is 0 Å². The van der Waals surface area contributed by atoms with Crippen molar-refractivity contribution in [2.75, 3.05) is 6.54 Å². The zero-order valence-corrected chi connectivity index (χ0v) is 12.8. The van der Waals surface area contributed by atoms with Crippen LogP contribution in [0.4, 0.5) is 0 Å². The Morgan fingerprint density at radius 2 is 1.44 bits per heavy atom. The summed E-state index contributed by atoms with van der Waals surface area (Å²) >= 11 is 0. The first-order valence-corrected chi connectivity index (χ1v) is 6.82. The predicted octanol–water partition coefficient (Wildman–Crippen LogP) is 4.47. The van der Waals surface area contributed by atoms with Crippen LogP contribution in [0.2, 0.25) is 0 Å². The molecule has 0 radical (unpaired) electrons. The minimum Gasteiger partial charge on any atom is -0.313 e. The Labute approximate surface area is 103 Å². The molecule has 0 aliphatic carbocycles. The van der Waals surface area contributed by atoms with Crippen molar-refractivity contribution in [3.63, 3.8) is 0 Å². The molecule has 0 saturated carbocycles. The van der Waals surface area contributed by atoms with Gasteiger partial charge in [-0.25, -0.2) is 0 Å². The maximum absolute atomic E-state index is 3.71. The van der Waals surface area contributed by atoms with Gasteiger partial charge in [0.2, 0.25) is 0 Å². The van der Waals surface area contributed by atoms with Gasteiger partial charge in [0.1, 0.15) is 0 Å². The molecule has 2 unspecified atom stereocenters. The van der Waals surface area contributed by atoms with Crippen molar-refractivity contribution in [3.05, 3.63) is 0 Å². The van der Waals surface area contributed by atoms with E-state index in [9.17, 15) is 0 Å². The van der Waals surface area contributed by atoms with E-state index in [-0.39, 0.29) is 0 Å². The van der Waals surface area contributed by atoms with Gasteiger partial charge in [-0.2, -0.15) is 0 Å². The molecule has 0 aliphatic rings. The fraction of sp³-hybridized carbons (Fsp3) is 1.00. The van der Waals surface area contributed by atoms with Crippen LogP contribution in [0.15, 0.2) is 0 Å². The minimum absolute atomic E-state index is 0.356. The molecule has 1 heteroatoms. The molecule has 2 atom stereocenters. The molecule has 0 fully saturated rings. The smallest absolute Gasteiger partial charge is 0.0118 e. The highest BCUT2D eigenvalue weighted by atomic mass is 14.9. The van der Waals surface area contributed by atoms with Crippen molar-refractivity contribution in [3.8, 4) is 0 Å². The lowest BCUT2D eigenvalue weighted by Crippen LogP contribution is -2.43. The topological polar surface area (TPSA) is 12.0 Å². The lowest BCUT2D eigenvalue weighted by molar-refractivity contribution is 0.167. The van der Waals surface area contributed by atoms with E-state index in [0.717, 1.165) is 12.5 Å². The van der Waals surface area contributed by atoms with Gasteiger partial charge < -0.3 is 5.32 Å². The molecule has 0 rings (SSSR count). The summed E-state index contributed by atoms with van der Waals surface area (Å²) in [5, 5.41) is 3.71. The molecule has 0 aromatic rings. The van der Waals surface area contributed by atoms with E-state index in [4.69, 9.17) is 0 Å². The van der Waals surface area contributed by atoms with E-state index in [1.165, 1.54) is 12.8 Å². The quantitative estimate of drug-likeness (QED) is 0.730. The number of rotatable bonds is 5. The molecule has 0 spiro atoms. The maximum atomic E-state index is 3.71. The van der Waals surface area contributed by atoms with Gasteiger partial charge in [-0.05, 0) is 36.1 Å². The predicted molar refractivity (Wildman–Crippen MR) is 74.8 cm³/mol. The third-order valence-electron chi connectivity index (χ3n) is 3.75. The SMILES string of the molecule is CCCNC(CC(C)C(C)(C)C)C(C)(C)C. The summed E-state index contributed by atoms with van der Waals surface area (Å²) in [6.07, 6.45) is 2.49. The summed E-state index contributed by atoms with van der Waals surface area (Å²) < 4.78 is 0.